The standard InChI is InChI=1S/C20H27N3/c1-3-18-13-21-22-20(18)19-10-7-11-23(15-19)14-16(2)12-17-8-5-4-6-9-17/h4-6,8-9,12-13,19H,3,7,10-11,14-15H2,1-2H3,(H,21,22). The van der Waals surface area contributed by atoms with Crippen LogP contribution in [0.1, 0.15) is 49.4 Å². The van der Waals surface area contributed by atoms with Crippen LogP contribution in [-0.2, 0) is 6.42 Å². The number of nitrogens with zero attached hydrogens (tertiary/aromatic N) is 2. The fourth-order valence-corrected chi connectivity index (χ4v) is 3.62. The molecule has 0 aliphatic carbocycles. The zero-order chi connectivity index (χ0) is 16.1. The maximum absolute atomic E-state index is 4.26. The van der Waals surface area contributed by atoms with Crippen molar-refractivity contribution >= 4 is 6.08 Å². The van der Waals surface area contributed by atoms with Crippen LogP contribution in [0.15, 0.2) is 42.1 Å². The largest absolute Gasteiger partial charge is 0.299 e. The summed E-state index contributed by atoms with van der Waals surface area (Å²) in [7, 11) is 0. The Morgan fingerprint density at radius 1 is 1.35 bits per heavy atom. The van der Waals surface area contributed by atoms with Gasteiger partial charge in [0.2, 0.25) is 0 Å². The van der Waals surface area contributed by atoms with Gasteiger partial charge in [-0.15, -0.1) is 0 Å². The minimum atomic E-state index is 0.603. The molecule has 2 heterocycles. The Hall–Kier alpha value is -1.87. The summed E-state index contributed by atoms with van der Waals surface area (Å²) in [5.41, 5.74) is 5.47. The van der Waals surface area contributed by atoms with Crippen molar-refractivity contribution < 1.29 is 0 Å². The molecule has 0 amide bonds. The first-order valence-corrected chi connectivity index (χ1v) is 8.73. The Morgan fingerprint density at radius 3 is 2.96 bits per heavy atom. The average Bonchev–Trinajstić information content (AvgIpc) is 3.04. The normalized spacial score (nSPS) is 19.9. The number of rotatable bonds is 5. The van der Waals surface area contributed by atoms with Crippen LogP contribution in [-0.4, -0.2) is 34.7 Å². The molecule has 1 aromatic heterocycles. The summed E-state index contributed by atoms with van der Waals surface area (Å²) in [4.78, 5) is 2.59. The van der Waals surface area contributed by atoms with Crippen LogP contribution in [0.5, 0.6) is 0 Å². The molecule has 1 saturated heterocycles. The number of likely N-dealkylation sites (tertiary alicyclic amines) is 1. The smallest absolute Gasteiger partial charge is 0.0522 e. The molecule has 1 aliphatic rings. The predicted octanol–water partition coefficient (Wildman–Crippen LogP) is 4.26. The maximum atomic E-state index is 4.26. The predicted molar refractivity (Wildman–Crippen MR) is 96.5 cm³/mol. The van der Waals surface area contributed by atoms with E-state index in [-0.39, 0.29) is 0 Å². The second-order valence-electron chi connectivity index (χ2n) is 6.64. The minimum Gasteiger partial charge on any atom is -0.299 e. The Morgan fingerprint density at radius 2 is 2.17 bits per heavy atom. The number of hydrogen-bond acceptors (Lipinski definition) is 2. The van der Waals surface area contributed by atoms with Gasteiger partial charge >= 0.3 is 0 Å². The fourth-order valence-electron chi connectivity index (χ4n) is 3.62. The van der Waals surface area contributed by atoms with Crippen molar-refractivity contribution in [2.75, 3.05) is 19.6 Å². The van der Waals surface area contributed by atoms with Gasteiger partial charge in [-0.2, -0.15) is 5.10 Å². The van der Waals surface area contributed by atoms with E-state index in [9.17, 15) is 0 Å². The van der Waals surface area contributed by atoms with Crippen LogP contribution in [0.4, 0.5) is 0 Å². The lowest BCUT2D eigenvalue weighted by atomic mass is 9.91. The molecule has 3 rings (SSSR count). The van der Waals surface area contributed by atoms with E-state index in [1.54, 1.807) is 0 Å². The number of piperidine rings is 1. The van der Waals surface area contributed by atoms with Gasteiger partial charge in [-0.05, 0) is 43.9 Å². The molecule has 23 heavy (non-hydrogen) atoms. The molecule has 1 fully saturated rings. The molecule has 1 atom stereocenters. The van der Waals surface area contributed by atoms with Crippen molar-refractivity contribution in [1.29, 1.82) is 0 Å². The highest BCUT2D eigenvalue weighted by Gasteiger charge is 2.24. The Balaban J connectivity index is 1.64. The molecule has 3 heteroatoms. The highest BCUT2D eigenvalue weighted by atomic mass is 15.1. The summed E-state index contributed by atoms with van der Waals surface area (Å²) < 4.78 is 0. The second-order valence-corrected chi connectivity index (χ2v) is 6.64. The highest BCUT2D eigenvalue weighted by molar-refractivity contribution is 5.52. The van der Waals surface area contributed by atoms with Gasteiger partial charge in [0.15, 0.2) is 0 Å². The SMILES string of the molecule is CCc1cn[nH]c1C1CCCN(CC(C)=Cc2ccccc2)C1. The minimum absolute atomic E-state index is 0.603. The van der Waals surface area contributed by atoms with Gasteiger partial charge in [-0.1, -0.05) is 48.9 Å². The van der Waals surface area contributed by atoms with Gasteiger partial charge in [-0.25, -0.2) is 0 Å². The van der Waals surface area contributed by atoms with Crippen LogP contribution in [0.2, 0.25) is 0 Å². The number of aromatic amines is 1. The van der Waals surface area contributed by atoms with Crippen molar-refractivity contribution in [1.82, 2.24) is 15.1 Å². The average molecular weight is 309 g/mol. The first-order valence-electron chi connectivity index (χ1n) is 8.73. The molecular weight excluding hydrogens is 282 g/mol. The van der Waals surface area contributed by atoms with E-state index >= 15 is 0 Å². The Labute approximate surface area is 139 Å². The molecule has 1 aromatic carbocycles. The lowest BCUT2D eigenvalue weighted by Gasteiger charge is -2.33. The van der Waals surface area contributed by atoms with Crippen molar-refractivity contribution in [2.24, 2.45) is 0 Å². The monoisotopic (exact) mass is 309 g/mol. The van der Waals surface area contributed by atoms with Gasteiger partial charge < -0.3 is 0 Å². The summed E-state index contributed by atoms with van der Waals surface area (Å²) in [6.07, 6.45) is 7.90. The van der Waals surface area contributed by atoms with Gasteiger partial charge in [0.25, 0.3) is 0 Å². The summed E-state index contributed by atoms with van der Waals surface area (Å²) in [5, 5.41) is 7.50. The lowest BCUT2D eigenvalue weighted by molar-refractivity contribution is 0.221. The third-order valence-corrected chi connectivity index (χ3v) is 4.73. The Bertz CT molecular complexity index is 642. The van der Waals surface area contributed by atoms with Crippen LogP contribution in [0.25, 0.3) is 6.08 Å². The van der Waals surface area contributed by atoms with Crippen molar-refractivity contribution in [3.63, 3.8) is 0 Å². The first kappa shape index (κ1) is 16.0. The molecule has 1 N–H and O–H groups in total. The van der Waals surface area contributed by atoms with Gasteiger partial charge in [0, 0.05) is 24.7 Å². The van der Waals surface area contributed by atoms with Crippen LogP contribution in [0, 0.1) is 0 Å². The van der Waals surface area contributed by atoms with Crippen LogP contribution < -0.4 is 0 Å². The van der Waals surface area contributed by atoms with E-state index in [0.29, 0.717) is 5.92 Å². The zero-order valence-electron chi connectivity index (χ0n) is 14.3. The van der Waals surface area contributed by atoms with E-state index in [0.717, 1.165) is 19.5 Å². The summed E-state index contributed by atoms with van der Waals surface area (Å²) in [5.74, 6) is 0.603. The molecular formula is C20H27N3. The number of aromatic nitrogens is 2. The number of nitrogens with one attached hydrogen (secondary N) is 1. The van der Waals surface area contributed by atoms with E-state index in [1.807, 2.05) is 6.20 Å². The zero-order valence-corrected chi connectivity index (χ0v) is 14.3. The second kappa shape index (κ2) is 7.60. The van der Waals surface area contributed by atoms with Gasteiger partial charge in [0.1, 0.15) is 0 Å². The first-order chi connectivity index (χ1) is 11.3. The molecule has 0 radical (unpaired) electrons. The molecule has 3 nitrogen and oxygen atoms in total. The number of aryl methyl sites for hydroxylation is 1. The highest BCUT2D eigenvalue weighted by Crippen LogP contribution is 2.28. The number of hydrogen-bond donors (Lipinski definition) is 1. The molecule has 1 unspecified atom stereocenters. The van der Waals surface area contributed by atoms with Crippen LogP contribution >= 0.6 is 0 Å². The van der Waals surface area contributed by atoms with E-state index in [4.69, 9.17) is 0 Å². The molecule has 0 spiro atoms. The van der Waals surface area contributed by atoms with Crippen LogP contribution in [0.3, 0.4) is 0 Å². The molecule has 2 aromatic rings. The topological polar surface area (TPSA) is 31.9 Å². The third kappa shape index (κ3) is 4.11. The summed E-state index contributed by atoms with van der Waals surface area (Å²) in [6.45, 7) is 7.84. The quantitative estimate of drug-likeness (QED) is 0.895. The maximum Gasteiger partial charge on any atom is 0.0522 e. The molecule has 1 aliphatic heterocycles. The third-order valence-electron chi connectivity index (χ3n) is 4.73. The molecule has 0 saturated carbocycles. The molecule has 0 bridgehead atoms. The molecule has 122 valence electrons. The van der Waals surface area contributed by atoms with E-state index in [1.165, 1.54) is 41.8 Å². The van der Waals surface area contributed by atoms with Gasteiger partial charge in [0.05, 0.1) is 6.20 Å². The Kier molecular flexibility index (Phi) is 5.29. The summed E-state index contributed by atoms with van der Waals surface area (Å²) in [6, 6.07) is 10.6. The number of benzene rings is 1. The van der Waals surface area contributed by atoms with E-state index < -0.39 is 0 Å². The van der Waals surface area contributed by atoms with Crippen molar-refractivity contribution in [3.05, 3.63) is 58.9 Å². The van der Waals surface area contributed by atoms with Crippen molar-refractivity contribution in [3.8, 4) is 0 Å². The van der Waals surface area contributed by atoms with E-state index in [2.05, 4.69) is 65.4 Å². The number of H-pyrrole nitrogens is 1. The summed E-state index contributed by atoms with van der Waals surface area (Å²) >= 11 is 0. The van der Waals surface area contributed by atoms with Gasteiger partial charge in [-0.3, -0.25) is 10.00 Å². The van der Waals surface area contributed by atoms with Crippen molar-refractivity contribution in [2.45, 2.75) is 39.0 Å². The lowest BCUT2D eigenvalue weighted by Crippen LogP contribution is -2.35. The fraction of sp³-hybridized carbons (Fsp3) is 0.450.